The van der Waals surface area contributed by atoms with E-state index in [-0.39, 0.29) is 0 Å². The second-order valence-electron chi connectivity index (χ2n) is 10.8. The largest absolute Gasteiger partial charge is 0.457 e. The first-order chi connectivity index (χ1) is 23.6. The van der Waals surface area contributed by atoms with E-state index in [1.807, 2.05) is 0 Å². The molecule has 4 aromatic carbocycles. The molecule has 0 radical (unpaired) electrons. The highest BCUT2D eigenvalue weighted by molar-refractivity contribution is 7.93. The van der Waals surface area contributed by atoms with E-state index in [2.05, 4.69) is 0 Å². The maximum atomic E-state index is 13.9. The van der Waals surface area contributed by atoms with E-state index >= 15 is 0 Å². The van der Waals surface area contributed by atoms with Crippen molar-refractivity contribution in [1.29, 1.82) is 0 Å². The molecule has 51 heavy (non-hydrogen) atoms. The number of benzene rings is 4. The van der Waals surface area contributed by atoms with E-state index in [0.717, 1.165) is 24.3 Å². The molecule has 2 heterocycles. The number of rotatable bonds is 6. The quantitative estimate of drug-likeness (QED) is 0.189. The van der Waals surface area contributed by atoms with Crippen molar-refractivity contribution in [2.24, 2.45) is 11.5 Å². The van der Waals surface area contributed by atoms with Crippen LogP contribution in [0.3, 0.4) is 0 Å². The first-order valence-corrected chi connectivity index (χ1v) is 16.8. The van der Waals surface area contributed by atoms with Crippen molar-refractivity contribution < 1.29 is 74.6 Å². The molecule has 0 saturated carbocycles. The van der Waals surface area contributed by atoms with Crippen LogP contribution >= 0.6 is 0 Å². The molecule has 0 fully saturated rings. The van der Waals surface area contributed by atoms with Gasteiger partial charge in [-0.25, -0.2) is 56.3 Å². The second-order valence-corrected chi connectivity index (χ2v) is 14.7. The summed E-state index contributed by atoms with van der Waals surface area (Å²) in [5, 5.41) is -4.48. The summed E-state index contributed by atoms with van der Waals surface area (Å²) in [6.07, 6.45) is -6.69. The zero-order chi connectivity index (χ0) is 38.0. The first kappa shape index (κ1) is 37.8. The van der Waals surface area contributed by atoms with Crippen LogP contribution in [-0.4, -0.2) is 27.6 Å². The molecule has 2 aliphatic rings. The van der Waals surface area contributed by atoms with Crippen molar-refractivity contribution in [2.45, 2.75) is 45.5 Å². The maximum absolute atomic E-state index is 13.9. The first-order valence-electron chi connectivity index (χ1n) is 13.8. The van der Waals surface area contributed by atoms with Gasteiger partial charge in [0.25, 0.3) is 12.9 Å². The van der Waals surface area contributed by atoms with Crippen molar-refractivity contribution in [1.82, 2.24) is 0 Å². The van der Waals surface area contributed by atoms with Gasteiger partial charge in [-0.2, -0.15) is 8.78 Å². The van der Waals surface area contributed by atoms with E-state index in [9.17, 15) is 65.1 Å². The van der Waals surface area contributed by atoms with Gasteiger partial charge in [-0.3, -0.25) is 0 Å². The fourth-order valence-electron chi connectivity index (χ4n) is 5.32. The second kappa shape index (κ2) is 13.3. The Morgan fingerprint density at radius 3 is 1.43 bits per heavy atom. The fraction of sp³-hybridized carbons (Fsp3) is 0.200. The summed E-state index contributed by atoms with van der Waals surface area (Å²) in [5.74, 6) is -6.39. The molecule has 2 aliphatic heterocycles. The molecule has 21 heteroatoms. The van der Waals surface area contributed by atoms with Crippen LogP contribution in [0.4, 0.5) is 48.3 Å². The van der Waals surface area contributed by atoms with Gasteiger partial charge in [0.2, 0.25) is 25.2 Å². The van der Waals surface area contributed by atoms with Gasteiger partial charge >= 0.3 is 5.25 Å². The molecule has 4 aromatic rings. The Morgan fingerprint density at radius 2 is 1.02 bits per heavy atom. The Hall–Kier alpha value is -4.47. The lowest BCUT2D eigenvalue weighted by molar-refractivity contribution is 0.0662. The van der Waals surface area contributed by atoms with Crippen LogP contribution in [0.5, 0.6) is 23.0 Å². The lowest BCUT2D eigenvalue weighted by atomic mass is 10.0. The monoisotopic (exact) mass is 776 g/mol. The zero-order valence-electron chi connectivity index (χ0n) is 24.7. The fourth-order valence-corrected chi connectivity index (χ4v) is 8.42. The van der Waals surface area contributed by atoms with Crippen LogP contribution in [-0.2, 0) is 19.7 Å². The Bertz CT molecular complexity index is 2220. The summed E-state index contributed by atoms with van der Waals surface area (Å²) in [7, 11) is -9.75. The molecule has 8 nitrogen and oxygen atoms in total. The molecule has 0 aromatic heterocycles. The van der Waals surface area contributed by atoms with Crippen LogP contribution in [0.1, 0.15) is 47.2 Å². The normalized spacial score (nSPS) is 20.8. The van der Waals surface area contributed by atoms with Crippen LogP contribution < -0.4 is 20.9 Å². The van der Waals surface area contributed by atoms with Crippen LogP contribution in [0.25, 0.3) is 0 Å². The molecule has 4 N–H and O–H groups in total. The third kappa shape index (κ3) is 6.58. The van der Waals surface area contributed by atoms with Gasteiger partial charge in [-0.1, -0.05) is 0 Å². The lowest BCUT2D eigenvalue weighted by Gasteiger charge is -2.17. The lowest BCUT2D eigenvalue weighted by Crippen LogP contribution is -2.34. The van der Waals surface area contributed by atoms with Crippen molar-refractivity contribution >= 4 is 19.7 Å². The Balaban J connectivity index is 0.000000198. The summed E-state index contributed by atoms with van der Waals surface area (Å²) in [4.78, 5) is -1.69. The Morgan fingerprint density at radius 1 is 0.627 bits per heavy atom. The number of nitrogens with two attached hydrogens (primary N) is 2. The summed E-state index contributed by atoms with van der Waals surface area (Å²) in [5.41, 5.74) is 4.40. The number of alkyl halides is 7. The smallest absolute Gasteiger partial charge is 0.368 e. The van der Waals surface area contributed by atoms with Crippen LogP contribution in [0.2, 0.25) is 0 Å². The van der Waals surface area contributed by atoms with Crippen molar-refractivity contribution in [3.05, 3.63) is 106 Å². The van der Waals surface area contributed by atoms with Gasteiger partial charge < -0.3 is 20.9 Å². The van der Waals surface area contributed by atoms with E-state index in [1.165, 1.54) is 0 Å². The van der Waals surface area contributed by atoms with Gasteiger partial charge in [0.05, 0.1) is 27.0 Å². The highest BCUT2D eigenvalue weighted by Gasteiger charge is 2.60. The van der Waals surface area contributed by atoms with Crippen molar-refractivity contribution in [3.63, 3.8) is 0 Å². The average molecular weight is 777 g/mol. The Labute approximate surface area is 280 Å². The third-order valence-corrected chi connectivity index (χ3v) is 11.3. The van der Waals surface area contributed by atoms with E-state index < -0.39 is 134 Å². The van der Waals surface area contributed by atoms with Gasteiger partial charge in [0, 0.05) is 47.5 Å². The number of hydrogen-bond acceptors (Lipinski definition) is 8. The summed E-state index contributed by atoms with van der Waals surface area (Å²) < 4.78 is 206. The van der Waals surface area contributed by atoms with Crippen LogP contribution in [0, 0.1) is 23.3 Å². The minimum absolute atomic E-state index is 0.425. The summed E-state index contributed by atoms with van der Waals surface area (Å²) in [6, 6.07) is 2.64. The predicted molar refractivity (Wildman–Crippen MR) is 154 cm³/mol. The topological polar surface area (TPSA) is 139 Å². The molecular formula is C30H19F11N2O6S2. The summed E-state index contributed by atoms with van der Waals surface area (Å²) in [6.45, 7) is 0. The Kier molecular flexibility index (Phi) is 9.82. The third-order valence-electron chi connectivity index (χ3n) is 7.52. The minimum Gasteiger partial charge on any atom is -0.457 e. The summed E-state index contributed by atoms with van der Waals surface area (Å²) >= 11 is 0. The number of sulfone groups is 2. The number of ether oxygens (including phenoxy) is 2. The van der Waals surface area contributed by atoms with E-state index in [4.69, 9.17) is 20.9 Å². The molecule has 3 atom stereocenters. The van der Waals surface area contributed by atoms with Crippen molar-refractivity contribution in [2.75, 3.05) is 0 Å². The average Bonchev–Trinajstić information content (AvgIpc) is 3.26. The minimum atomic E-state index is -5.26. The molecular weight excluding hydrogens is 757 g/mol. The molecule has 3 unspecified atom stereocenters. The predicted octanol–water partition coefficient (Wildman–Crippen LogP) is 7.85. The molecule has 0 spiro atoms. The van der Waals surface area contributed by atoms with Crippen molar-refractivity contribution in [3.8, 4) is 23.0 Å². The standard InChI is InChI=1S/C15H9F6NO3S.C15H10F5NO3S/c16-6-3-7(17)5-8(4-6)25-9-1-2-10-12(11(9)14(18)19)13(22)15(20,21)26(10,23)24;16-6-3-7(17)5-8(4-6)24-9-1-2-10-12(11(9)14(18)19)13(21)15(20)25(10,22)23/h1-5,13-14H,22H2;1-5,13-15H,21H2. The number of halogens is 11. The van der Waals surface area contributed by atoms with Gasteiger partial charge in [0.15, 0.2) is 0 Å². The molecule has 0 saturated heterocycles. The molecule has 0 bridgehead atoms. The van der Waals surface area contributed by atoms with E-state index in [0.29, 0.717) is 36.4 Å². The van der Waals surface area contributed by atoms with Gasteiger partial charge in [-0.05, 0) is 24.3 Å². The SMILES string of the molecule is NC1c2c(ccc(Oc3cc(F)cc(F)c3)c2C(F)F)S(=O)(=O)C1(F)F.NC1c2c(ccc(Oc3cc(F)cc(F)c3)c2C(F)F)S(=O)(=O)C1F. The molecule has 274 valence electrons. The molecule has 0 aliphatic carbocycles. The number of hydrogen-bond donors (Lipinski definition) is 2. The van der Waals surface area contributed by atoms with Crippen LogP contribution in [0.15, 0.2) is 70.5 Å². The highest BCUT2D eigenvalue weighted by Crippen LogP contribution is 2.53. The molecule has 0 amide bonds. The van der Waals surface area contributed by atoms with E-state index in [1.54, 1.807) is 0 Å². The zero-order valence-corrected chi connectivity index (χ0v) is 26.4. The van der Waals surface area contributed by atoms with Gasteiger partial charge in [0.1, 0.15) is 52.3 Å². The van der Waals surface area contributed by atoms with Gasteiger partial charge in [-0.15, -0.1) is 0 Å². The molecule has 6 rings (SSSR count). The number of fused-ring (bicyclic) bond motifs is 2. The highest BCUT2D eigenvalue weighted by atomic mass is 32.2. The maximum Gasteiger partial charge on any atom is 0.368 e.